The van der Waals surface area contributed by atoms with Crippen LogP contribution in [0, 0.1) is 0 Å². The highest BCUT2D eigenvalue weighted by Gasteiger charge is 2.42. The van der Waals surface area contributed by atoms with Crippen LogP contribution in [0.15, 0.2) is 23.4 Å². The summed E-state index contributed by atoms with van der Waals surface area (Å²) in [6.45, 7) is 3.40. The van der Waals surface area contributed by atoms with Gasteiger partial charge in [-0.05, 0) is 29.7 Å². The van der Waals surface area contributed by atoms with Crippen LogP contribution in [0.3, 0.4) is 0 Å². The predicted molar refractivity (Wildman–Crippen MR) is 91.6 cm³/mol. The smallest absolute Gasteiger partial charge is 0.220 e. The molecule has 0 saturated heterocycles. The molecule has 0 radical (unpaired) electrons. The Bertz CT molecular complexity index is 799. The van der Waals surface area contributed by atoms with Crippen LogP contribution in [0.4, 0.5) is 0 Å². The molecule has 3 aliphatic rings. The number of fused-ring (bicyclic) bond motifs is 4. The van der Waals surface area contributed by atoms with Gasteiger partial charge in [-0.1, -0.05) is 0 Å². The first-order valence-corrected chi connectivity index (χ1v) is 8.55. The van der Waals surface area contributed by atoms with E-state index in [-0.39, 0.29) is 17.7 Å². The highest BCUT2D eigenvalue weighted by Crippen LogP contribution is 2.45. The minimum Gasteiger partial charge on any atom is -0.493 e. The lowest BCUT2D eigenvalue weighted by molar-refractivity contribution is -0.127. The average Bonchev–Trinajstić information content (AvgIpc) is 3.07. The van der Waals surface area contributed by atoms with E-state index in [9.17, 15) is 9.59 Å². The molecular weight excluding hydrogens is 320 g/mol. The molecule has 6 heteroatoms. The molecule has 1 aromatic rings. The molecular formula is C19H22N2O4. The molecule has 25 heavy (non-hydrogen) atoms. The van der Waals surface area contributed by atoms with E-state index < -0.39 is 0 Å². The van der Waals surface area contributed by atoms with Crippen LogP contribution in [0.1, 0.15) is 30.5 Å². The quantitative estimate of drug-likeness (QED) is 0.819. The van der Waals surface area contributed by atoms with Crippen molar-refractivity contribution in [3.8, 4) is 11.5 Å². The van der Waals surface area contributed by atoms with Gasteiger partial charge in [-0.2, -0.15) is 0 Å². The lowest BCUT2D eigenvalue weighted by Crippen LogP contribution is -2.41. The van der Waals surface area contributed by atoms with Gasteiger partial charge in [0.25, 0.3) is 0 Å². The third kappa shape index (κ3) is 2.39. The Morgan fingerprint density at radius 1 is 1.16 bits per heavy atom. The van der Waals surface area contributed by atoms with Crippen LogP contribution < -0.4 is 9.47 Å². The standard InChI is InChI=1S/C19H22N2O4/c1-11(22)20-9-14-16(10-20)21-5-4-12-6-18(24-2)19(25-3)7-13(12)15(21)8-17(14)23/h6-7,15H,4-5,8-10H2,1-3H3. The van der Waals surface area contributed by atoms with Gasteiger partial charge in [-0.3, -0.25) is 9.59 Å². The number of hydrogen-bond donors (Lipinski definition) is 0. The minimum absolute atomic E-state index is 0.0155. The Morgan fingerprint density at radius 2 is 1.88 bits per heavy atom. The van der Waals surface area contributed by atoms with Crippen molar-refractivity contribution >= 4 is 11.7 Å². The molecule has 1 amide bonds. The first-order valence-electron chi connectivity index (χ1n) is 8.55. The van der Waals surface area contributed by atoms with Crippen LogP contribution >= 0.6 is 0 Å². The van der Waals surface area contributed by atoms with Crippen molar-refractivity contribution in [1.82, 2.24) is 9.80 Å². The molecule has 1 unspecified atom stereocenters. The van der Waals surface area contributed by atoms with Gasteiger partial charge >= 0.3 is 0 Å². The van der Waals surface area contributed by atoms with Gasteiger partial charge in [0, 0.05) is 31.2 Å². The lowest BCUT2D eigenvalue weighted by Gasteiger charge is -2.42. The number of ether oxygens (including phenoxy) is 2. The summed E-state index contributed by atoms with van der Waals surface area (Å²) in [4.78, 5) is 28.5. The molecule has 0 saturated carbocycles. The number of rotatable bonds is 2. The normalized spacial score (nSPS) is 21.7. The van der Waals surface area contributed by atoms with Crippen molar-refractivity contribution in [2.75, 3.05) is 33.9 Å². The highest BCUT2D eigenvalue weighted by molar-refractivity contribution is 5.99. The van der Waals surface area contributed by atoms with Crippen LogP contribution in [-0.2, 0) is 16.0 Å². The van der Waals surface area contributed by atoms with E-state index in [1.54, 1.807) is 26.0 Å². The van der Waals surface area contributed by atoms with E-state index in [1.165, 1.54) is 5.56 Å². The van der Waals surface area contributed by atoms with E-state index >= 15 is 0 Å². The fourth-order valence-corrected chi connectivity index (χ4v) is 4.22. The van der Waals surface area contributed by atoms with E-state index in [1.807, 2.05) is 12.1 Å². The van der Waals surface area contributed by atoms with E-state index in [0.717, 1.165) is 35.5 Å². The Kier molecular flexibility index (Phi) is 3.71. The summed E-state index contributed by atoms with van der Waals surface area (Å²) < 4.78 is 10.9. The minimum atomic E-state index is 0.0155. The van der Waals surface area contributed by atoms with Gasteiger partial charge in [0.15, 0.2) is 17.3 Å². The molecule has 1 aromatic carbocycles. The Balaban J connectivity index is 1.74. The van der Waals surface area contributed by atoms with Crippen molar-refractivity contribution in [3.63, 3.8) is 0 Å². The van der Waals surface area contributed by atoms with E-state index in [4.69, 9.17) is 9.47 Å². The first-order chi connectivity index (χ1) is 12.0. The third-order valence-electron chi connectivity index (χ3n) is 5.55. The second kappa shape index (κ2) is 5.79. The zero-order valence-electron chi connectivity index (χ0n) is 14.8. The predicted octanol–water partition coefficient (Wildman–Crippen LogP) is 1.69. The molecule has 3 aliphatic heterocycles. The Hall–Kier alpha value is -2.50. The third-order valence-corrected chi connectivity index (χ3v) is 5.55. The van der Waals surface area contributed by atoms with Crippen LogP contribution in [-0.4, -0.2) is 55.3 Å². The first kappa shape index (κ1) is 16.0. The molecule has 1 atom stereocenters. The zero-order valence-corrected chi connectivity index (χ0v) is 14.8. The van der Waals surface area contributed by atoms with Gasteiger partial charge in [-0.25, -0.2) is 0 Å². The number of carbonyl (C=O) groups is 2. The molecule has 0 bridgehead atoms. The van der Waals surface area contributed by atoms with Crippen molar-refractivity contribution < 1.29 is 19.1 Å². The summed E-state index contributed by atoms with van der Waals surface area (Å²) in [7, 11) is 3.26. The number of methoxy groups -OCH3 is 2. The Morgan fingerprint density at radius 3 is 2.56 bits per heavy atom. The largest absolute Gasteiger partial charge is 0.493 e. The molecule has 4 rings (SSSR count). The van der Waals surface area contributed by atoms with Crippen molar-refractivity contribution in [3.05, 3.63) is 34.5 Å². The SMILES string of the molecule is COc1cc2c(cc1OC)C1CC(=O)C3=C(CN(C(C)=O)C3)N1CC2. The summed E-state index contributed by atoms with van der Waals surface area (Å²) in [6.07, 6.45) is 1.34. The second-order valence-electron chi connectivity index (χ2n) is 6.79. The molecule has 0 fully saturated rings. The molecule has 6 nitrogen and oxygen atoms in total. The van der Waals surface area contributed by atoms with E-state index in [0.29, 0.717) is 25.3 Å². The molecule has 3 heterocycles. The summed E-state index contributed by atoms with van der Waals surface area (Å²) >= 11 is 0. The van der Waals surface area contributed by atoms with Gasteiger partial charge in [0.2, 0.25) is 5.91 Å². The van der Waals surface area contributed by atoms with Gasteiger partial charge in [0.1, 0.15) is 0 Å². The van der Waals surface area contributed by atoms with Gasteiger partial charge in [-0.15, -0.1) is 0 Å². The van der Waals surface area contributed by atoms with Crippen molar-refractivity contribution in [1.29, 1.82) is 0 Å². The molecule has 132 valence electrons. The van der Waals surface area contributed by atoms with Crippen molar-refractivity contribution in [2.24, 2.45) is 0 Å². The fraction of sp³-hybridized carbons (Fsp3) is 0.474. The van der Waals surface area contributed by atoms with Crippen LogP contribution in [0.5, 0.6) is 11.5 Å². The number of Topliss-reactive ketones (excluding diaryl/α,β-unsaturated/α-hetero) is 1. The molecule has 0 spiro atoms. The lowest BCUT2D eigenvalue weighted by atomic mass is 9.84. The Labute approximate surface area is 147 Å². The van der Waals surface area contributed by atoms with Crippen molar-refractivity contribution in [2.45, 2.75) is 25.8 Å². The number of nitrogens with zero attached hydrogens (tertiary/aromatic N) is 2. The molecule has 0 aliphatic carbocycles. The maximum atomic E-state index is 12.7. The number of carbonyl (C=O) groups excluding carboxylic acids is 2. The van der Waals surface area contributed by atoms with Gasteiger partial charge < -0.3 is 19.3 Å². The molecule has 0 N–H and O–H groups in total. The second-order valence-corrected chi connectivity index (χ2v) is 6.79. The number of amides is 1. The number of hydrogen-bond acceptors (Lipinski definition) is 5. The van der Waals surface area contributed by atoms with E-state index in [2.05, 4.69) is 4.90 Å². The van der Waals surface area contributed by atoms with Crippen LogP contribution in [0.2, 0.25) is 0 Å². The highest BCUT2D eigenvalue weighted by atomic mass is 16.5. The summed E-state index contributed by atoms with van der Waals surface area (Å²) in [5.74, 6) is 1.58. The maximum Gasteiger partial charge on any atom is 0.220 e. The maximum absolute atomic E-state index is 12.7. The molecule has 0 aromatic heterocycles. The average molecular weight is 342 g/mol. The topological polar surface area (TPSA) is 59.1 Å². The summed E-state index contributed by atoms with van der Waals surface area (Å²) in [6, 6.07) is 4.04. The number of ketones is 1. The summed E-state index contributed by atoms with van der Waals surface area (Å²) in [5.41, 5.74) is 4.18. The zero-order chi connectivity index (χ0) is 17.7. The monoisotopic (exact) mass is 342 g/mol. The van der Waals surface area contributed by atoms with Crippen LogP contribution in [0.25, 0.3) is 0 Å². The fourth-order valence-electron chi connectivity index (χ4n) is 4.22. The number of benzene rings is 1. The summed E-state index contributed by atoms with van der Waals surface area (Å²) in [5, 5.41) is 0. The van der Waals surface area contributed by atoms with Gasteiger partial charge in [0.05, 0.1) is 33.4 Å².